The van der Waals surface area contributed by atoms with Crippen molar-refractivity contribution in [1.29, 1.82) is 0 Å². The number of aromatic nitrogens is 4. The molecule has 4 rings (SSSR count). The second-order valence-corrected chi connectivity index (χ2v) is 10.8. The van der Waals surface area contributed by atoms with E-state index in [-0.39, 0.29) is 29.5 Å². The van der Waals surface area contributed by atoms with Crippen LogP contribution in [0.2, 0.25) is 0 Å². The van der Waals surface area contributed by atoms with E-state index in [1.165, 1.54) is 18.4 Å². The first-order valence-corrected chi connectivity index (χ1v) is 14.4. The lowest BCUT2D eigenvalue weighted by atomic mass is 10.2. The fraction of sp³-hybridized carbons (Fsp3) is 0.440. The molecule has 4 aromatic rings. The maximum Gasteiger partial charge on any atom is 0.471 e. The van der Waals surface area contributed by atoms with Crippen LogP contribution >= 0.6 is 22.7 Å². The maximum atomic E-state index is 12.4. The van der Waals surface area contributed by atoms with Crippen LogP contribution in [-0.2, 0) is 21.9 Å². The first-order valence-electron chi connectivity index (χ1n) is 12.7. The highest BCUT2D eigenvalue weighted by Crippen LogP contribution is 2.35. The Hall–Kier alpha value is -4.00. The van der Waals surface area contributed by atoms with E-state index in [4.69, 9.17) is 10.5 Å². The van der Waals surface area contributed by atoms with E-state index in [0.29, 0.717) is 27.7 Å². The van der Waals surface area contributed by atoms with Crippen molar-refractivity contribution in [2.24, 2.45) is 5.73 Å². The van der Waals surface area contributed by atoms with E-state index < -0.39 is 24.1 Å². The van der Waals surface area contributed by atoms with Gasteiger partial charge in [0, 0.05) is 17.7 Å². The first-order chi connectivity index (χ1) is 20.6. The number of halogens is 6. The van der Waals surface area contributed by atoms with Crippen molar-refractivity contribution in [3.63, 3.8) is 0 Å². The molecule has 1 unspecified atom stereocenters. The summed E-state index contributed by atoms with van der Waals surface area (Å²) in [5.41, 5.74) is 4.76. The Morgan fingerprint density at radius 1 is 0.886 bits per heavy atom. The molecule has 0 aliphatic heterocycles. The smallest absolute Gasteiger partial charge is 0.471 e. The van der Waals surface area contributed by atoms with Gasteiger partial charge in [-0.15, -0.1) is 11.3 Å². The van der Waals surface area contributed by atoms with Crippen molar-refractivity contribution in [2.75, 3.05) is 7.11 Å². The van der Waals surface area contributed by atoms with Crippen LogP contribution < -0.4 is 15.8 Å². The molecule has 11 nitrogen and oxygen atoms in total. The molecular weight excluding hydrogens is 642 g/mol. The van der Waals surface area contributed by atoms with E-state index >= 15 is 0 Å². The highest BCUT2D eigenvalue weighted by molar-refractivity contribution is 7.17. The minimum atomic E-state index is -4.66. The lowest BCUT2D eigenvalue weighted by Crippen LogP contribution is -2.25. The third-order valence-corrected chi connectivity index (χ3v) is 7.27. The van der Waals surface area contributed by atoms with Crippen LogP contribution in [0, 0.1) is 0 Å². The quantitative estimate of drug-likeness (QED) is 0.181. The molecule has 44 heavy (non-hydrogen) atoms. The number of rotatable bonds is 9. The van der Waals surface area contributed by atoms with Gasteiger partial charge < -0.3 is 24.8 Å². The van der Waals surface area contributed by atoms with Crippen LogP contribution in [0.15, 0.2) is 33.3 Å². The van der Waals surface area contributed by atoms with Gasteiger partial charge in [-0.2, -0.15) is 36.3 Å². The summed E-state index contributed by atoms with van der Waals surface area (Å²) < 4.78 is 87.0. The number of nitrogens with one attached hydrogen (secondary N) is 1. The van der Waals surface area contributed by atoms with Crippen molar-refractivity contribution in [1.82, 2.24) is 25.6 Å². The molecule has 19 heteroatoms. The number of nitrogens with two attached hydrogens (primary N) is 1. The number of primary amides is 1. The van der Waals surface area contributed by atoms with Gasteiger partial charge >= 0.3 is 24.1 Å². The van der Waals surface area contributed by atoms with E-state index in [1.807, 2.05) is 13.8 Å². The van der Waals surface area contributed by atoms with Crippen molar-refractivity contribution in [3.8, 4) is 26.5 Å². The maximum absolute atomic E-state index is 12.4. The monoisotopic (exact) mass is 670 g/mol. The summed E-state index contributed by atoms with van der Waals surface area (Å²) in [6, 6.07) is 6.28. The van der Waals surface area contributed by atoms with E-state index in [1.54, 1.807) is 31.2 Å². The number of thiophene rings is 2. The highest BCUT2D eigenvalue weighted by Gasteiger charge is 2.39. The predicted octanol–water partition coefficient (Wildman–Crippen LogP) is 6.89. The van der Waals surface area contributed by atoms with Crippen LogP contribution in [0.4, 0.5) is 26.3 Å². The molecule has 0 saturated carbocycles. The summed E-state index contributed by atoms with van der Waals surface area (Å²) >= 11 is 2.35. The van der Waals surface area contributed by atoms with Gasteiger partial charge in [-0.1, -0.05) is 35.5 Å². The van der Waals surface area contributed by atoms with Gasteiger partial charge in [0.2, 0.25) is 23.5 Å². The Morgan fingerprint density at radius 3 is 1.77 bits per heavy atom. The SMILES string of the molecule is CCCC(=O)NC(C)c1ccc(-c2noc(C(F)(F)F)n2)s1.CCCC(N)=O.COc1ccc(-c2noc(C(F)(F)F)n2)s1. The molecule has 3 N–H and O–H groups in total. The summed E-state index contributed by atoms with van der Waals surface area (Å²) in [4.78, 5) is 29.7. The summed E-state index contributed by atoms with van der Waals surface area (Å²) in [5.74, 6) is -3.21. The number of hydrogen-bond acceptors (Lipinski definition) is 11. The Balaban J connectivity index is 0.000000268. The minimum Gasteiger partial charge on any atom is -0.487 e. The van der Waals surface area contributed by atoms with E-state index in [0.717, 1.165) is 29.1 Å². The summed E-state index contributed by atoms with van der Waals surface area (Å²) in [7, 11) is 1.47. The van der Waals surface area contributed by atoms with Crippen LogP contribution in [-0.4, -0.2) is 39.2 Å². The number of carbonyl (C=O) groups excluding carboxylic acids is 2. The third-order valence-electron chi connectivity index (χ3n) is 4.96. The number of nitrogens with zero attached hydrogens (tertiary/aromatic N) is 4. The molecule has 0 spiro atoms. The van der Waals surface area contributed by atoms with Crippen LogP contribution in [0.5, 0.6) is 5.06 Å². The zero-order valence-corrected chi connectivity index (χ0v) is 25.3. The Bertz CT molecular complexity index is 1480. The topological polar surface area (TPSA) is 159 Å². The standard InChI is InChI=1S/C13H14F3N3O2S.C8H5F3N2O2S.C4H9NO/c1-3-4-10(20)17-7(2)8-5-6-9(22-8)11-18-12(21-19-11)13(14,15)16;1-14-5-3-2-4(16-5)6-12-7(15-13-6)8(9,10)11;1-2-3-4(5)6/h5-7H,3-4H2,1-2H3,(H,17,20);2-3H,1H3;2-3H2,1H3,(H2,5,6). The fourth-order valence-corrected chi connectivity index (χ4v) is 4.67. The molecule has 0 aliphatic rings. The van der Waals surface area contributed by atoms with Crippen molar-refractivity contribution < 1.29 is 49.7 Å². The predicted molar refractivity (Wildman–Crippen MR) is 147 cm³/mol. The van der Waals surface area contributed by atoms with Gasteiger partial charge in [0.25, 0.3) is 0 Å². The molecule has 0 aliphatic carbocycles. The van der Waals surface area contributed by atoms with E-state index in [2.05, 4.69) is 34.6 Å². The van der Waals surface area contributed by atoms with E-state index in [9.17, 15) is 35.9 Å². The number of hydrogen-bond donors (Lipinski definition) is 2. The molecule has 0 fully saturated rings. The summed E-state index contributed by atoms with van der Waals surface area (Å²) in [6.45, 7) is 5.63. The molecule has 242 valence electrons. The molecule has 0 bridgehead atoms. The molecule has 0 aromatic carbocycles. The fourth-order valence-electron chi connectivity index (χ4n) is 2.99. The molecule has 2 amide bonds. The lowest BCUT2D eigenvalue weighted by Gasteiger charge is -2.11. The van der Waals surface area contributed by atoms with Gasteiger partial charge in [-0.3, -0.25) is 9.59 Å². The zero-order chi connectivity index (χ0) is 33.1. The summed E-state index contributed by atoms with van der Waals surface area (Å²) in [5, 5.41) is 9.96. The molecule has 4 heterocycles. The Kier molecular flexibility index (Phi) is 13.3. The van der Waals surface area contributed by atoms with Gasteiger partial charge in [0.05, 0.1) is 22.9 Å². The van der Waals surface area contributed by atoms with Crippen LogP contribution in [0.25, 0.3) is 21.4 Å². The average Bonchev–Trinajstić information content (AvgIpc) is 3.74. The highest BCUT2D eigenvalue weighted by atomic mass is 32.1. The van der Waals surface area contributed by atoms with Gasteiger partial charge in [0.15, 0.2) is 5.06 Å². The Morgan fingerprint density at radius 2 is 1.39 bits per heavy atom. The van der Waals surface area contributed by atoms with Gasteiger partial charge in [0.1, 0.15) is 0 Å². The molecule has 0 saturated heterocycles. The number of carbonyl (C=O) groups is 2. The second kappa shape index (κ2) is 16.2. The second-order valence-electron chi connectivity index (χ2n) is 8.62. The largest absolute Gasteiger partial charge is 0.487 e. The van der Waals surface area contributed by atoms with Crippen molar-refractivity contribution in [2.45, 2.75) is 64.8 Å². The normalized spacial score (nSPS) is 12.0. The lowest BCUT2D eigenvalue weighted by molar-refractivity contribution is -0.160. The zero-order valence-electron chi connectivity index (χ0n) is 23.7. The van der Waals surface area contributed by atoms with Crippen LogP contribution in [0.3, 0.4) is 0 Å². The number of alkyl halides is 6. The van der Waals surface area contributed by atoms with Gasteiger partial charge in [-0.25, -0.2) is 0 Å². The summed E-state index contributed by atoms with van der Waals surface area (Å²) in [6.07, 6.45) is -6.73. The number of amides is 2. The van der Waals surface area contributed by atoms with Gasteiger partial charge in [-0.05, 0) is 44.0 Å². The third kappa shape index (κ3) is 11.3. The molecule has 4 aromatic heterocycles. The number of ether oxygens (including phenoxy) is 1. The first kappa shape index (κ1) is 36.2. The van der Waals surface area contributed by atoms with Crippen LogP contribution in [0.1, 0.15) is 69.2 Å². The number of methoxy groups -OCH3 is 1. The average molecular weight is 671 g/mol. The molecular formula is C25H28F6N6O5S2. The van der Waals surface area contributed by atoms with Crippen molar-refractivity contribution in [3.05, 3.63) is 40.9 Å². The Labute approximate surface area is 254 Å². The molecule has 1 atom stereocenters. The molecule has 0 radical (unpaired) electrons. The van der Waals surface area contributed by atoms with Crippen molar-refractivity contribution >= 4 is 34.5 Å². The minimum absolute atomic E-state index is 0.0659.